The maximum absolute atomic E-state index is 13.2. The second-order valence-electron chi connectivity index (χ2n) is 7.37. The van der Waals surface area contributed by atoms with Crippen LogP contribution in [-0.2, 0) is 21.1 Å². The Bertz CT molecular complexity index is 1890. The van der Waals surface area contributed by atoms with Gasteiger partial charge in [-0.25, -0.2) is 8.42 Å². The molecule has 4 rings (SSSR count). The molecule has 2 aromatic heterocycles. The molecule has 33 heavy (non-hydrogen) atoms. The molecule has 0 amide bonds. The molecule has 2 N–H and O–H groups in total. The fraction of sp³-hybridized carbons (Fsp3) is 0.192. The second kappa shape index (κ2) is 9.26. The van der Waals surface area contributed by atoms with E-state index in [0.717, 1.165) is 11.3 Å². The van der Waals surface area contributed by atoms with Gasteiger partial charge in [0.05, 0.1) is 27.5 Å². The Morgan fingerprint density at radius 1 is 1.12 bits per heavy atom. The van der Waals surface area contributed by atoms with E-state index in [0.29, 0.717) is 0 Å². The van der Waals surface area contributed by atoms with E-state index in [-0.39, 0.29) is 90.7 Å². The predicted octanol–water partition coefficient (Wildman–Crippen LogP) is 4.96. The Morgan fingerprint density at radius 2 is 1.85 bits per heavy atom. The molecule has 168 valence electrons. The van der Waals surface area contributed by atoms with Crippen molar-refractivity contribution in [3.8, 4) is 11.8 Å². The molecule has 0 radical (unpaired) electrons. The molecule has 0 saturated carbocycles. The molecular formula is C26H23NO4S2. The van der Waals surface area contributed by atoms with E-state index < -0.39 is 33.9 Å². The molecule has 2 heterocycles. The smallest absolute Gasteiger partial charge is 0.307 e. The summed E-state index contributed by atoms with van der Waals surface area (Å²) < 4.78 is 91.1. The van der Waals surface area contributed by atoms with Gasteiger partial charge < -0.3 is 10.1 Å². The number of rotatable bonds is 6. The third-order valence-corrected chi connectivity index (χ3v) is 8.14. The van der Waals surface area contributed by atoms with E-state index in [4.69, 9.17) is 11.0 Å². The van der Waals surface area contributed by atoms with Crippen LogP contribution in [0.4, 0.5) is 0 Å². The largest absolute Gasteiger partial charge is 0.481 e. The molecule has 0 fully saturated rings. The first-order valence-electron chi connectivity index (χ1n) is 13.8. The zero-order valence-electron chi connectivity index (χ0n) is 25.6. The maximum Gasteiger partial charge on any atom is 0.307 e. The maximum atomic E-state index is 13.2. The van der Waals surface area contributed by atoms with Crippen molar-refractivity contribution in [2.75, 3.05) is 5.75 Å². The fourth-order valence-electron chi connectivity index (χ4n) is 3.10. The van der Waals surface area contributed by atoms with Crippen molar-refractivity contribution in [2.45, 2.75) is 24.5 Å². The van der Waals surface area contributed by atoms with Crippen molar-refractivity contribution in [1.29, 1.82) is 0 Å². The van der Waals surface area contributed by atoms with E-state index in [2.05, 4.69) is 16.8 Å². The number of sulfone groups is 1. The number of benzene rings is 2. The standard InChI is InChI=1S/C26H23NO4S2/c1-17-3-6-19(7-4-17)8-9-22-10-12-25(32-22)33(30,31)16-21(26(28)29)14-20-15-27-24-11-5-18(2)13-23(20)24/h3-7,10-13,15,21,27H,14,16H2,1-2H3,(H,28,29)/t21-/m1/s1/i3D,4D,5D,6D,7D,11D,13D,15D. The van der Waals surface area contributed by atoms with Gasteiger partial charge in [0, 0.05) is 22.6 Å². The lowest BCUT2D eigenvalue weighted by atomic mass is 10.00. The van der Waals surface area contributed by atoms with E-state index in [1.54, 1.807) is 0 Å². The quantitative estimate of drug-likeness (QED) is 0.378. The lowest BCUT2D eigenvalue weighted by molar-refractivity contribution is -0.140. The predicted molar refractivity (Wildman–Crippen MR) is 131 cm³/mol. The number of carboxylic acid groups (broad SMARTS) is 1. The average Bonchev–Trinajstić information content (AvgIpc) is 3.53. The molecule has 0 aliphatic rings. The molecular weight excluding hydrogens is 454 g/mol. The number of thiophene rings is 1. The number of hydrogen-bond donors (Lipinski definition) is 2. The van der Waals surface area contributed by atoms with Crippen LogP contribution in [0.15, 0.2) is 64.8 Å². The Labute approximate surface area is 208 Å². The third kappa shape index (κ3) is 5.36. The monoisotopic (exact) mass is 485 g/mol. The normalized spacial score (nSPS) is 15.7. The minimum atomic E-state index is -4.15. The van der Waals surface area contributed by atoms with Gasteiger partial charge in [-0.2, -0.15) is 0 Å². The van der Waals surface area contributed by atoms with Crippen LogP contribution in [0.2, 0.25) is 0 Å². The topological polar surface area (TPSA) is 87.2 Å². The van der Waals surface area contributed by atoms with Crippen LogP contribution in [0.5, 0.6) is 0 Å². The van der Waals surface area contributed by atoms with Crippen LogP contribution in [0, 0.1) is 31.6 Å². The van der Waals surface area contributed by atoms with Crippen molar-refractivity contribution >= 4 is 38.0 Å². The summed E-state index contributed by atoms with van der Waals surface area (Å²) in [4.78, 5) is 15.0. The minimum Gasteiger partial charge on any atom is -0.481 e. The van der Waals surface area contributed by atoms with E-state index in [9.17, 15) is 18.3 Å². The van der Waals surface area contributed by atoms with Gasteiger partial charge in [0.2, 0.25) is 0 Å². The summed E-state index contributed by atoms with van der Waals surface area (Å²) in [5.41, 5.74) is 0.377. The number of carboxylic acids is 1. The number of H-pyrrole nitrogens is 1. The average molecular weight is 486 g/mol. The number of aromatic nitrogens is 1. The summed E-state index contributed by atoms with van der Waals surface area (Å²) in [7, 11) is -4.15. The summed E-state index contributed by atoms with van der Waals surface area (Å²) in [5, 5.41) is 9.99. The molecule has 1 atom stereocenters. The highest BCUT2D eigenvalue weighted by Crippen LogP contribution is 2.27. The Morgan fingerprint density at radius 3 is 2.58 bits per heavy atom. The van der Waals surface area contributed by atoms with E-state index >= 15 is 0 Å². The second-order valence-corrected chi connectivity index (χ2v) is 10.7. The summed E-state index contributed by atoms with van der Waals surface area (Å²) in [6.07, 6.45) is -0.653. The number of hydrogen-bond acceptors (Lipinski definition) is 4. The zero-order chi connectivity index (χ0) is 30.5. The van der Waals surface area contributed by atoms with Crippen LogP contribution >= 0.6 is 11.3 Å². The van der Waals surface area contributed by atoms with Gasteiger partial charge in [-0.15, -0.1) is 11.3 Å². The van der Waals surface area contributed by atoms with Gasteiger partial charge in [0.15, 0.2) is 9.84 Å². The Kier molecular flexibility index (Phi) is 4.14. The summed E-state index contributed by atoms with van der Waals surface area (Å²) in [5.74, 6) is 1.54. The van der Waals surface area contributed by atoms with Crippen LogP contribution in [0.25, 0.3) is 10.9 Å². The molecule has 2 aromatic carbocycles. The lowest BCUT2D eigenvalue weighted by Gasteiger charge is -2.12. The highest BCUT2D eigenvalue weighted by Gasteiger charge is 2.28. The number of aliphatic carboxylic acids is 1. The van der Waals surface area contributed by atoms with Gasteiger partial charge in [-0.1, -0.05) is 41.1 Å². The van der Waals surface area contributed by atoms with Crippen LogP contribution < -0.4 is 0 Å². The lowest BCUT2D eigenvalue weighted by Crippen LogP contribution is -2.25. The van der Waals surface area contributed by atoms with Crippen LogP contribution in [0.1, 0.15) is 38.1 Å². The molecule has 0 saturated heterocycles. The first kappa shape index (κ1) is 14.7. The van der Waals surface area contributed by atoms with Crippen molar-refractivity contribution in [3.05, 3.63) is 87.7 Å². The highest BCUT2D eigenvalue weighted by molar-refractivity contribution is 7.93. The van der Waals surface area contributed by atoms with Gasteiger partial charge in [-0.3, -0.25) is 4.79 Å². The summed E-state index contributed by atoms with van der Waals surface area (Å²) in [6.45, 7) is 2.94. The van der Waals surface area contributed by atoms with Crippen molar-refractivity contribution in [2.24, 2.45) is 5.92 Å². The van der Waals surface area contributed by atoms with Gasteiger partial charge in [-0.05, 0) is 62.1 Å². The SMILES string of the molecule is [2H]c1[nH]c2c([2H])c([2H])c(C)c([2H])c2c1C[C@H](CS(=O)(=O)c1ccc(C#Cc2c([2H])c([2H])c(C)c([2H])c2[2H])s1)C(=O)O. The van der Waals surface area contributed by atoms with Gasteiger partial charge in [0.25, 0.3) is 0 Å². The Hall–Kier alpha value is -3.34. The highest BCUT2D eigenvalue weighted by atomic mass is 32.2. The number of fused-ring (bicyclic) bond motifs is 1. The zero-order valence-corrected chi connectivity index (χ0v) is 19.3. The first-order valence-corrected chi connectivity index (χ1v) is 12.3. The van der Waals surface area contributed by atoms with Crippen molar-refractivity contribution < 1.29 is 29.3 Å². The van der Waals surface area contributed by atoms with E-state index in [1.165, 1.54) is 26.0 Å². The molecule has 0 unspecified atom stereocenters. The minimum absolute atomic E-state index is 0.0504. The molecule has 0 aliphatic heterocycles. The third-order valence-electron chi connectivity index (χ3n) is 4.75. The molecule has 7 heteroatoms. The Balaban J connectivity index is 1.65. The number of aromatic amines is 1. The molecule has 0 bridgehead atoms. The van der Waals surface area contributed by atoms with Crippen molar-refractivity contribution in [1.82, 2.24) is 4.98 Å². The summed E-state index contributed by atoms with van der Waals surface area (Å²) >= 11 is 0.768. The van der Waals surface area contributed by atoms with Crippen LogP contribution in [-0.4, -0.2) is 30.2 Å². The number of nitrogens with one attached hydrogen (secondary N) is 1. The molecule has 4 aromatic rings. The van der Waals surface area contributed by atoms with Crippen LogP contribution in [0.3, 0.4) is 0 Å². The molecule has 0 spiro atoms. The van der Waals surface area contributed by atoms with Crippen molar-refractivity contribution in [3.63, 3.8) is 0 Å². The summed E-state index contributed by atoms with van der Waals surface area (Å²) in [6, 6.07) is 1.05. The van der Waals surface area contributed by atoms with Gasteiger partial charge >= 0.3 is 5.97 Å². The van der Waals surface area contributed by atoms with E-state index in [1.807, 2.05) is 0 Å². The van der Waals surface area contributed by atoms with Gasteiger partial charge in [0.1, 0.15) is 4.21 Å². The molecule has 5 nitrogen and oxygen atoms in total. The number of carbonyl (C=O) groups is 1. The first-order chi connectivity index (χ1) is 19.1. The molecule has 0 aliphatic carbocycles. The fourth-order valence-corrected chi connectivity index (χ4v) is 5.90.